The average Bonchev–Trinajstić information content (AvgIpc) is 2.48. The van der Waals surface area contributed by atoms with Gasteiger partial charge in [0.1, 0.15) is 5.60 Å². The van der Waals surface area contributed by atoms with Crippen LogP contribution in [0.15, 0.2) is 0 Å². The van der Waals surface area contributed by atoms with Crippen molar-refractivity contribution in [1.29, 1.82) is 0 Å². The van der Waals surface area contributed by atoms with Gasteiger partial charge in [0.15, 0.2) is 0 Å². The maximum absolute atomic E-state index is 12.6. The first-order valence-electron chi connectivity index (χ1n) is 9.08. The molecule has 0 aromatic carbocycles. The zero-order valence-corrected chi connectivity index (χ0v) is 17.0. The quantitative estimate of drug-likeness (QED) is 0.708. The highest BCUT2D eigenvalue weighted by Gasteiger charge is 2.39. The Balaban J connectivity index is 2.88. The van der Waals surface area contributed by atoms with Crippen LogP contribution in [0.5, 0.6) is 0 Å². The minimum atomic E-state index is -0.518. The van der Waals surface area contributed by atoms with Crippen LogP contribution in [-0.4, -0.2) is 77.8 Å². The minimum Gasteiger partial charge on any atom is -0.444 e. The van der Waals surface area contributed by atoms with E-state index in [4.69, 9.17) is 9.57 Å². The van der Waals surface area contributed by atoms with Crippen molar-refractivity contribution >= 4 is 12.0 Å². The second kappa shape index (κ2) is 8.85. The molecule has 1 unspecified atom stereocenters. The third-order valence-corrected chi connectivity index (χ3v) is 4.42. The van der Waals surface area contributed by atoms with E-state index in [9.17, 15) is 9.59 Å². The van der Waals surface area contributed by atoms with E-state index in [2.05, 4.69) is 11.8 Å². The fourth-order valence-corrected chi connectivity index (χ4v) is 3.33. The molecule has 1 heterocycles. The van der Waals surface area contributed by atoms with Gasteiger partial charge in [0, 0.05) is 32.2 Å². The van der Waals surface area contributed by atoms with Crippen molar-refractivity contribution in [2.24, 2.45) is 0 Å². The van der Waals surface area contributed by atoms with Crippen LogP contribution in [-0.2, 0) is 14.4 Å². The number of hydrogen-bond acceptors (Lipinski definition) is 5. The molecule has 1 aliphatic heterocycles. The molecule has 0 aromatic rings. The van der Waals surface area contributed by atoms with Gasteiger partial charge in [0.25, 0.3) is 5.91 Å². The van der Waals surface area contributed by atoms with Crippen LogP contribution in [0.3, 0.4) is 0 Å². The molecule has 1 aliphatic rings. The molecule has 0 aromatic heterocycles. The molecule has 1 saturated heterocycles. The largest absolute Gasteiger partial charge is 0.444 e. The van der Waals surface area contributed by atoms with Gasteiger partial charge in [-0.25, -0.2) is 9.86 Å². The second-order valence-corrected chi connectivity index (χ2v) is 7.86. The van der Waals surface area contributed by atoms with Gasteiger partial charge in [-0.2, -0.15) is 0 Å². The first-order chi connectivity index (χ1) is 11.5. The number of likely N-dealkylation sites (N-methyl/N-ethyl adjacent to an activating group) is 1. The first-order valence-corrected chi connectivity index (χ1v) is 9.08. The number of ether oxygens (including phenoxy) is 1. The zero-order valence-electron chi connectivity index (χ0n) is 17.0. The van der Waals surface area contributed by atoms with E-state index in [0.717, 1.165) is 12.8 Å². The molecule has 7 heteroatoms. The van der Waals surface area contributed by atoms with Gasteiger partial charge in [-0.05, 0) is 41.0 Å². The summed E-state index contributed by atoms with van der Waals surface area (Å²) in [6.07, 6.45) is 1.38. The third-order valence-electron chi connectivity index (χ3n) is 4.42. The van der Waals surface area contributed by atoms with Crippen LogP contribution >= 0.6 is 0 Å². The zero-order chi connectivity index (χ0) is 19.4. The summed E-state index contributed by atoms with van der Waals surface area (Å²) in [4.78, 5) is 34.2. The van der Waals surface area contributed by atoms with Crippen molar-refractivity contribution in [3.05, 3.63) is 0 Å². The van der Waals surface area contributed by atoms with Crippen molar-refractivity contribution in [1.82, 2.24) is 14.9 Å². The molecular weight excluding hydrogens is 322 g/mol. The average molecular weight is 357 g/mol. The Labute approximate surface area is 152 Å². The summed E-state index contributed by atoms with van der Waals surface area (Å²) in [6.45, 7) is 12.9. The summed E-state index contributed by atoms with van der Waals surface area (Å²) in [5, 5.41) is 1.29. The lowest BCUT2D eigenvalue weighted by molar-refractivity contribution is -0.176. The highest BCUT2D eigenvalue weighted by Crippen LogP contribution is 2.23. The molecule has 0 saturated carbocycles. The van der Waals surface area contributed by atoms with Crippen LogP contribution in [0.2, 0.25) is 0 Å². The van der Waals surface area contributed by atoms with Crippen LogP contribution in [0, 0.1) is 0 Å². The number of hydrogen-bond donors (Lipinski definition) is 0. The predicted molar refractivity (Wildman–Crippen MR) is 97.0 cm³/mol. The highest BCUT2D eigenvalue weighted by atomic mass is 16.7. The van der Waals surface area contributed by atoms with Crippen LogP contribution in [0.25, 0.3) is 0 Å². The topological polar surface area (TPSA) is 62.3 Å². The molecule has 0 N–H and O–H groups in total. The summed E-state index contributed by atoms with van der Waals surface area (Å²) >= 11 is 0. The lowest BCUT2D eigenvalue weighted by Gasteiger charge is -2.46. The van der Waals surface area contributed by atoms with Crippen LogP contribution in [0.4, 0.5) is 4.79 Å². The van der Waals surface area contributed by atoms with Gasteiger partial charge in [-0.3, -0.25) is 14.5 Å². The molecule has 146 valence electrons. The Kier molecular flexibility index (Phi) is 7.68. The lowest BCUT2D eigenvalue weighted by atomic mass is 10.0. The monoisotopic (exact) mass is 357 g/mol. The van der Waals surface area contributed by atoms with E-state index < -0.39 is 5.60 Å². The van der Waals surface area contributed by atoms with Crippen LogP contribution < -0.4 is 0 Å². The Morgan fingerprint density at radius 3 is 2.12 bits per heavy atom. The highest BCUT2D eigenvalue weighted by molar-refractivity contribution is 5.80. The van der Waals surface area contributed by atoms with Gasteiger partial charge in [0.2, 0.25) is 0 Å². The summed E-state index contributed by atoms with van der Waals surface area (Å²) in [5.74, 6) is -0.0468. The molecule has 3 atom stereocenters. The Morgan fingerprint density at radius 2 is 1.72 bits per heavy atom. The molecule has 7 nitrogen and oxygen atoms in total. The van der Waals surface area contributed by atoms with Crippen molar-refractivity contribution in [2.45, 2.75) is 78.1 Å². The fraction of sp³-hybridized carbons (Fsp3) is 0.889. The van der Waals surface area contributed by atoms with E-state index in [0.29, 0.717) is 13.1 Å². The summed E-state index contributed by atoms with van der Waals surface area (Å²) < 4.78 is 5.54. The normalized spacial score (nSPS) is 23.3. The standard InChI is InChI=1S/C18H35N3O4/c1-9-10-15(16(22)19(7)24-8)20-11-13(2)21(14(3)12-20)17(23)25-18(4,5)6/h13-15H,9-12H2,1-8H3/t13-,14+,15?. The summed E-state index contributed by atoms with van der Waals surface area (Å²) in [5.41, 5.74) is -0.518. The van der Waals surface area contributed by atoms with E-state index in [1.807, 2.05) is 34.6 Å². The molecule has 25 heavy (non-hydrogen) atoms. The van der Waals surface area contributed by atoms with Crippen molar-refractivity contribution in [2.75, 3.05) is 27.2 Å². The van der Waals surface area contributed by atoms with Gasteiger partial charge < -0.3 is 9.64 Å². The number of rotatable bonds is 5. The summed E-state index contributed by atoms with van der Waals surface area (Å²) in [7, 11) is 3.13. The number of carbonyl (C=O) groups excluding carboxylic acids is 2. The molecule has 0 spiro atoms. The smallest absolute Gasteiger partial charge is 0.410 e. The number of carbonyl (C=O) groups is 2. The summed E-state index contributed by atoms with van der Waals surface area (Å²) in [6, 6.07) is -0.294. The fourth-order valence-electron chi connectivity index (χ4n) is 3.33. The van der Waals surface area contributed by atoms with Gasteiger partial charge in [-0.15, -0.1) is 0 Å². The van der Waals surface area contributed by atoms with E-state index in [-0.39, 0.29) is 30.1 Å². The number of amides is 2. The Hall–Kier alpha value is -1.34. The number of hydroxylamine groups is 2. The van der Waals surface area contributed by atoms with Crippen LogP contribution in [0.1, 0.15) is 54.4 Å². The molecule has 0 radical (unpaired) electrons. The molecule has 1 fully saturated rings. The molecule has 0 bridgehead atoms. The predicted octanol–water partition coefficient (Wildman–Crippen LogP) is 2.50. The van der Waals surface area contributed by atoms with Gasteiger partial charge in [-0.1, -0.05) is 13.3 Å². The second-order valence-electron chi connectivity index (χ2n) is 7.86. The van der Waals surface area contributed by atoms with Crippen molar-refractivity contribution in [3.63, 3.8) is 0 Å². The molecule has 2 amide bonds. The number of piperazine rings is 1. The van der Waals surface area contributed by atoms with E-state index >= 15 is 0 Å². The Bertz CT molecular complexity index is 452. The maximum atomic E-state index is 12.6. The first kappa shape index (κ1) is 21.7. The molecular formula is C18H35N3O4. The van der Waals surface area contributed by atoms with E-state index in [1.165, 1.54) is 12.2 Å². The Morgan fingerprint density at radius 1 is 1.20 bits per heavy atom. The lowest BCUT2D eigenvalue weighted by Crippen LogP contribution is -2.63. The molecule has 1 rings (SSSR count). The number of nitrogens with zero attached hydrogens (tertiary/aromatic N) is 3. The minimum absolute atomic E-state index is 0.0291. The van der Waals surface area contributed by atoms with Crippen molar-refractivity contribution in [3.8, 4) is 0 Å². The molecule has 0 aliphatic carbocycles. The van der Waals surface area contributed by atoms with Gasteiger partial charge >= 0.3 is 6.09 Å². The van der Waals surface area contributed by atoms with E-state index in [1.54, 1.807) is 11.9 Å². The van der Waals surface area contributed by atoms with Crippen molar-refractivity contribution < 1.29 is 19.2 Å². The van der Waals surface area contributed by atoms with Gasteiger partial charge in [0.05, 0.1) is 13.2 Å². The SMILES string of the molecule is CCCC(C(=O)N(C)OC)N1C[C@@H](C)N(C(=O)OC(C)(C)C)[C@@H](C)C1. The third kappa shape index (κ3) is 5.85. The maximum Gasteiger partial charge on any atom is 0.410 e.